The van der Waals surface area contributed by atoms with Crippen LogP contribution in [0.25, 0.3) is 10.8 Å². The molecular weight excluding hydrogens is 462 g/mol. The van der Waals surface area contributed by atoms with E-state index in [4.69, 9.17) is 4.18 Å². The maximum atomic E-state index is 13.0. The summed E-state index contributed by atoms with van der Waals surface area (Å²) in [6.07, 6.45) is 1.74. The molecule has 0 atom stereocenters. The lowest BCUT2D eigenvalue weighted by Crippen LogP contribution is -2.49. The van der Waals surface area contributed by atoms with Crippen molar-refractivity contribution in [2.75, 3.05) is 31.1 Å². The molecule has 5 rings (SSSR count). The Balaban J connectivity index is 1.20. The predicted octanol–water partition coefficient (Wildman–Crippen LogP) is 4.27. The van der Waals surface area contributed by atoms with Crippen LogP contribution in [0.15, 0.2) is 90.0 Å². The minimum atomic E-state index is -3.89. The third-order valence-electron chi connectivity index (χ3n) is 6.13. The number of pyridine rings is 1. The SMILES string of the molecule is Cc1ccc(S(=O)(=O)Oc2ccc(N3CCN(C(=O)c4cc5ccccc5cn4)CC3)cc2)cc1. The van der Waals surface area contributed by atoms with E-state index in [-0.39, 0.29) is 16.6 Å². The lowest BCUT2D eigenvalue weighted by molar-refractivity contribution is 0.0741. The Kier molecular flexibility index (Phi) is 6.13. The number of hydrogen-bond acceptors (Lipinski definition) is 6. The minimum absolute atomic E-state index is 0.0690. The summed E-state index contributed by atoms with van der Waals surface area (Å²) >= 11 is 0. The van der Waals surface area contributed by atoms with Gasteiger partial charge >= 0.3 is 10.1 Å². The Bertz CT molecular complexity index is 1460. The molecule has 0 aliphatic carbocycles. The molecule has 1 fully saturated rings. The molecule has 0 radical (unpaired) electrons. The maximum Gasteiger partial charge on any atom is 0.339 e. The van der Waals surface area contributed by atoms with E-state index in [1.807, 2.05) is 54.3 Å². The van der Waals surface area contributed by atoms with E-state index in [1.54, 1.807) is 30.5 Å². The predicted molar refractivity (Wildman–Crippen MR) is 135 cm³/mol. The second-order valence-electron chi connectivity index (χ2n) is 8.54. The largest absolute Gasteiger partial charge is 0.379 e. The molecule has 0 unspecified atom stereocenters. The summed E-state index contributed by atoms with van der Waals surface area (Å²) in [6.45, 7) is 4.38. The van der Waals surface area contributed by atoms with Gasteiger partial charge in [0.2, 0.25) is 0 Å². The number of nitrogens with zero attached hydrogens (tertiary/aromatic N) is 3. The monoisotopic (exact) mass is 487 g/mol. The fraction of sp³-hybridized carbons (Fsp3) is 0.185. The van der Waals surface area contributed by atoms with Crippen LogP contribution in [-0.4, -0.2) is 50.4 Å². The summed E-state index contributed by atoms with van der Waals surface area (Å²) in [5.74, 6) is 0.186. The van der Waals surface area contributed by atoms with E-state index in [1.165, 1.54) is 12.1 Å². The van der Waals surface area contributed by atoms with Crippen molar-refractivity contribution in [2.24, 2.45) is 0 Å². The van der Waals surface area contributed by atoms with Gasteiger partial charge in [0, 0.05) is 43.4 Å². The Hall–Kier alpha value is -3.91. The number of benzene rings is 3. The van der Waals surface area contributed by atoms with Crippen LogP contribution < -0.4 is 9.08 Å². The van der Waals surface area contributed by atoms with Crippen molar-refractivity contribution < 1.29 is 17.4 Å². The molecule has 1 saturated heterocycles. The van der Waals surface area contributed by atoms with E-state index in [2.05, 4.69) is 9.88 Å². The first-order valence-corrected chi connectivity index (χ1v) is 12.8. The quantitative estimate of drug-likeness (QED) is 0.391. The summed E-state index contributed by atoms with van der Waals surface area (Å²) in [6, 6.07) is 23.2. The summed E-state index contributed by atoms with van der Waals surface area (Å²) in [5, 5.41) is 2.00. The number of carbonyl (C=O) groups is 1. The zero-order valence-electron chi connectivity index (χ0n) is 19.3. The van der Waals surface area contributed by atoms with Crippen LogP contribution in [0.5, 0.6) is 5.75 Å². The molecule has 1 aliphatic rings. The Morgan fingerprint density at radius 3 is 2.20 bits per heavy atom. The topological polar surface area (TPSA) is 79.8 Å². The highest BCUT2D eigenvalue weighted by Crippen LogP contribution is 2.24. The Morgan fingerprint density at radius 1 is 0.857 bits per heavy atom. The Morgan fingerprint density at radius 2 is 1.51 bits per heavy atom. The van der Waals surface area contributed by atoms with Crippen LogP contribution >= 0.6 is 0 Å². The van der Waals surface area contributed by atoms with E-state index in [0.717, 1.165) is 22.0 Å². The number of amides is 1. The van der Waals surface area contributed by atoms with Crippen molar-refractivity contribution in [3.05, 3.63) is 96.3 Å². The second kappa shape index (κ2) is 9.38. The molecule has 178 valence electrons. The third-order valence-corrected chi connectivity index (χ3v) is 7.40. The first kappa shape index (κ1) is 22.9. The molecule has 2 heterocycles. The van der Waals surface area contributed by atoms with Crippen molar-refractivity contribution in [3.8, 4) is 5.75 Å². The lowest BCUT2D eigenvalue weighted by Gasteiger charge is -2.36. The summed E-state index contributed by atoms with van der Waals surface area (Å²) < 4.78 is 30.3. The molecule has 1 amide bonds. The van der Waals surface area contributed by atoms with Crippen LogP contribution in [0.2, 0.25) is 0 Å². The molecule has 35 heavy (non-hydrogen) atoms. The number of hydrogen-bond donors (Lipinski definition) is 0. The number of aryl methyl sites for hydroxylation is 1. The summed E-state index contributed by atoms with van der Waals surface area (Å²) in [7, 11) is -3.89. The van der Waals surface area contributed by atoms with Gasteiger partial charge in [-0.2, -0.15) is 8.42 Å². The van der Waals surface area contributed by atoms with Crippen LogP contribution in [0, 0.1) is 6.92 Å². The van der Waals surface area contributed by atoms with Crippen LogP contribution in [0.4, 0.5) is 5.69 Å². The number of rotatable bonds is 5. The molecule has 3 aromatic carbocycles. The second-order valence-corrected chi connectivity index (χ2v) is 10.1. The molecule has 0 saturated carbocycles. The highest BCUT2D eigenvalue weighted by Gasteiger charge is 2.24. The van der Waals surface area contributed by atoms with Gasteiger partial charge in [-0.25, -0.2) is 0 Å². The fourth-order valence-corrected chi connectivity index (χ4v) is 5.05. The van der Waals surface area contributed by atoms with Gasteiger partial charge in [0.25, 0.3) is 5.91 Å². The fourth-order valence-electron chi connectivity index (χ4n) is 4.12. The van der Waals surface area contributed by atoms with Gasteiger partial charge in [0.15, 0.2) is 0 Å². The number of carbonyl (C=O) groups excluding carboxylic acids is 1. The van der Waals surface area contributed by atoms with E-state index in [9.17, 15) is 13.2 Å². The summed E-state index contributed by atoms with van der Waals surface area (Å²) in [5.41, 5.74) is 2.37. The highest BCUT2D eigenvalue weighted by atomic mass is 32.2. The average Bonchev–Trinajstić information content (AvgIpc) is 2.88. The van der Waals surface area contributed by atoms with E-state index in [0.29, 0.717) is 31.9 Å². The van der Waals surface area contributed by atoms with Crippen LogP contribution in [0.1, 0.15) is 16.1 Å². The summed E-state index contributed by atoms with van der Waals surface area (Å²) in [4.78, 5) is 21.4. The van der Waals surface area contributed by atoms with Crippen molar-refractivity contribution in [2.45, 2.75) is 11.8 Å². The van der Waals surface area contributed by atoms with Gasteiger partial charge in [-0.15, -0.1) is 0 Å². The number of fused-ring (bicyclic) bond motifs is 1. The van der Waals surface area contributed by atoms with Crippen molar-refractivity contribution in [3.63, 3.8) is 0 Å². The number of aromatic nitrogens is 1. The van der Waals surface area contributed by atoms with E-state index >= 15 is 0 Å². The smallest absolute Gasteiger partial charge is 0.339 e. The zero-order chi connectivity index (χ0) is 24.4. The first-order chi connectivity index (χ1) is 16.9. The zero-order valence-corrected chi connectivity index (χ0v) is 20.1. The molecule has 0 bridgehead atoms. The lowest BCUT2D eigenvalue weighted by atomic mass is 10.1. The molecular formula is C27H25N3O4S. The van der Waals surface area contributed by atoms with Gasteiger partial charge in [-0.05, 0) is 54.8 Å². The van der Waals surface area contributed by atoms with Crippen LogP contribution in [0.3, 0.4) is 0 Å². The molecule has 7 nitrogen and oxygen atoms in total. The van der Waals surface area contributed by atoms with E-state index < -0.39 is 10.1 Å². The van der Waals surface area contributed by atoms with Crippen molar-refractivity contribution in [1.82, 2.24) is 9.88 Å². The molecule has 0 spiro atoms. The number of anilines is 1. The maximum absolute atomic E-state index is 13.0. The van der Waals surface area contributed by atoms with Crippen molar-refractivity contribution >= 4 is 32.5 Å². The average molecular weight is 488 g/mol. The standard InChI is InChI=1S/C27H25N3O4S/c1-20-6-12-25(13-7-20)35(32,33)34-24-10-8-23(9-11-24)29-14-16-30(17-15-29)27(31)26-18-21-4-2-3-5-22(21)19-28-26/h2-13,18-19H,14-17H2,1H3. The van der Waals surface area contributed by atoms with Crippen LogP contribution in [-0.2, 0) is 10.1 Å². The Labute approximate surface area is 204 Å². The minimum Gasteiger partial charge on any atom is -0.379 e. The van der Waals surface area contributed by atoms with Gasteiger partial charge in [-0.1, -0.05) is 42.0 Å². The first-order valence-electron chi connectivity index (χ1n) is 11.4. The molecule has 4 aromatic rings. The normalized spacial score (nSPS) is 14.2. The number of piperazine rings is 1. The molecule has 0 N–H and O–H groups in total. The highest BCUT2D eigenvalue weighted by molar-refractivity contribution is 7.87. The van der Waals surface area contributed by atoms with Gasteiger partial charge in [0.1, 0.15) is 16.3 Å². The van der Waals surface area contributed by atoms with Gasteiger partial charge in [0.05, 0.1) is 0 Å². The van der Waals surface area contributed by atoms with Gasteiger partial charge in [-0.3, -0.25) is 9.78 Å². The van der Waals surface area contributed by atoms with Crippen molar-refractivity contribution in [1.29, 1.82) is 0 Å². The van der Waals surface area contributed by atoms with Gasteiger partial charge < -0.3 is 14.0 Å². The molecule has 1 aliphatic heterocycles. The molecule has 1 aromatic heterocycles. The third kappa shape index (κ3) is 4.97. The molecule has 8 heteroatoms.